The molecule has 6 heteroatoms. The van der Waals surface area contributed by atoms with E-state index >= 15 is 0 Å². The van der Waals surface area contributed by atoms with Gasteiger partial charge in [-0.05, 0) is 47.0 Å². The lowest BCUT2D eigenvalue weighted by atomic mass is 10.1. The molecule has 0 atom stereocenters. The number of carboxylic acids is 1. The maximum atomic E-state index is 13.2. The Bertz CT molecular complexity index is 693. The Labute approximate surface area is 129 Å². The van der Waals surface area contributed by atoms with E-state index in [-0.39, 0.29) is 17.4 Å². The van der Waals surface area contributed by atoms with Crippen LogP contribution in [0.2, 0.25) is 0 Å². The third-order valence-electron chi connectivity index (χ3n) is 3.85. The molecule has 2 aromatic rings. The van der Waals surface area contributed by atoms with Gasteiger partial charge in [-0.2, -0.15) is 5.10 Å². The lowest BCUT2D eigenvalue weighted by molar-refractivity contribution is 0.0697. The van der Waals surface area contributed by atoms with Gasteiger partial charge in [0.2, 0.25) is 0 Å². The SMILES string of the molecule is O=C(O)c1cn(C2CCCC2)nc1-c1ccc(F)cc1Br. The minimum Gasteiger partial charge on any atom is -0.478 e. The number of rotatable bonds is 3. The number of hydrogen-bond donors (Lipinski definition) is 1. The van der Waals surface area contributed by atoms with Gasteiger partial charge in [-0.15, -0.1) is 0 Å². The van der Waals surface area contributed by atoms with E-state index in [1.807, 2.05) is 0 Å². The summed E-state index contributed by atoms with van der Waals surface area (Å²) in [4.78, 5) is 11.5. The smallest absolute Gasteiger partial charge is 0.339 e. The van der Waals surface area contributed by atoms with Crippen molar-refractivity contribution in [3.05, 3.63) is 40.2 Å². The third kappa shape index (κ3) is 2.72. The van der Waals surface area contributed by atoms with Crippen LogP contribution in [-0.4, -0.2) is 20.9 Å². The zero-order valence-corrected chi connectivity index (χ0v) is 12.8. The Balaban J connectivity index is 2.09. The number of carbonyl (C=O) groups is 1. The molecule has 110 valence electrons. The van der Waals surface area contributed by atoms with Crippen LogP contribution < -0.4 is 0 Å². The molecule has 3 rings (SSSR count). The standard InChI is InChI=1S/C15H14BrFN2O2/c16-13-7-9(17)5-6-11(13)14-12(15(20)21)8-19(18-14)10-3-1-2-4-10/h5-8,10H,1-4H2,(H,20,21). The van der Waals surface area contributed by atoms with Crippen molar-refractivity contribution in [1.29, 1.82) is 0 Å². The highest BCUT2D eigenvalue weighted by molar-refractivity contribution is 9.10. The van der Waals surface area contributed by atoms with Crippen molar-refractivity contribution in [2.45, 2.75) is 31.7 Å². The van der Waals surface area contributed by atoms with Gasteiger partial charge in [0.05, 0.1) is 6.04 Å². The first-order valence-corrected chi connectivity index (χ1v) is 7.63. The maximum Gasteiger partial charge on any atom is 0.339 e. The Kier molecular flexibility index (Phi) is 3.80. The molecule has 1 aliphatic carbocycles. The van der Waals surface area contributed by atoms with Gasteiger partial charge in [0.25, 0.3) is 0 Å². The fraction of sp³-hybridized carbons (Fsp3) is 0.333. The van der Waals surface area contributed by atoms with Crippen molar-refractivity contribution in [3.63, 3.8) is 0 Å². The van der Waals surface area contributed by atoms with Crippen LogP contribution in [0.25, 0.3) is 11.3 Å². The second-order valence-corrected chi connectivity index (χ2v) is 6.09. The molecule has 0 amide bonds. The van der Waals surface area contributed by atoms with Gasteiger partial charge in [-0.25, -0.2) is 9.18 Å². The number of benzene rings is 1. The van der Waals surface area contributed by atoms with Crippen molar-refractivity contribution in [1.82, 2.24) is 9.78 Å². The zero-order chi connectivity index (χ0) is 15.0. The molecule has 21 heavy (non-hydrogen) atoms. The second-order valence-electron chi connectivity index (χ2n) is 5.24. The summed E-state index contributed by atoms with van der Waals surface area (Å²) in [6.45, 7) is 0. The summed E-state index contributed by atoms with van der Waals surface area (Å²) < 4.78 is 15.5. The summed E-state index contributed by atoms with van der Waals surface area (Å²) in [5.41, 5.74) is 1.11. The molecule has 0 unspecified atom stereocenters. The summed E-state index contributed by atoms with van der Waals surface area (Å²) in [6, 6.07) is 4.43. The quantitative estimate of drug-likeness (QED) is 0.897. The number of nitrogens with zero attached hydrogens (tertiary/aromatic N) is 2. The number of hydrogen-bond acceptors (Lipinski definition) is 2. The summed E-state index contributed by atoms with van der Waals surface area (Å²) in [6.07, 6.45) is 5.91. The van der Waals surface area contributed by atoms with Gasteiger partial charge in [0, 0.05) is 16.2 Å². The highest BCUT2D eigenvalue weighted by Crippen LogP contribution is 2.34. The summed E-state index contributed by atoms with van der Waals surface area (Å²) >= 11 is 3.28. The molecule has 1 aromatic heterocycles. The highest BCUT2D eigenvalue weighted by Gasteiger charge is 2.24. The maximum absolute atomic E-state index is 13.2. The normalized spacial score (nSPS) is 15.5. The predicted molar refractivity (Wildman–Crippen MR) is 79.8 cm³/mol. The van der Waals surface area contributed by atoms with E-state index in [1.54, 1.807) is 16.9 Å². The highest BCUT2D eigenvalue weighted by atomic mass is 79.9. The lowest BCUT2D eigenvalue weighted by Gasteiger charge is -2.08. The summed E-state index contributed by atoms with van der Waals surface area (Å²) in [7, 11) is 0. The fourth-order valence-corrected chi connectivity index (χ4v) is 3.32. The van der Waals surface area contributed by atoms with Crippen molar-refractivity contribution in [2.75, 3.05) is 0 Å². The topological polar surface area (TPSA) is 55.1 Å². The molecule has 0 bridgehead atoms. The molecule has 0 radical (unpaired) electrons. The van der Waals surface area contributed by atoms with E-state index in [9.17, 15) is 14.3 Å². The van der Waals surface area contributed by atoms with Crippen molar-refractivity contribution in [3.8, 4) is 11.3 Å². The van der Waals surface area contributed by atoms with E-state index in [1.165, 1.54) is 12.1 Å². The molecule has 1 heterocycles. The van der Waals surface area contributed by atoms with Crippen LogP contribution in [0.4, 0.5) is 4.39 Å². The van der Waals surface area contributed by atoms with Gasteiger partial charge in [-0.3, -0.25) is 4.68 Å². The summed E-state index contributed by atoms with van der Waals surface area (Å²) in [5, 5.41) is 13.8. The van der Waals surface area contributed by atoms with Gasteiger partial charge in [-0.1, -0.05) is 12.8 Å². The Morgan fingerprint density at radius 2 is 2.10 bits per heavy atom. The molecule has 1 aromatic carbocycles. The monoisotopic (exact) mass is 352 g/mol. The average Bonchev–Trinajstić information content (AvgIpc) is 3.07. The fourth-order valence-electron chi connectivity index (χ4n) is 2.78. The van der Waals surface area contributed by atoms with Crippen LogP contribution in [0.1, 0.15) is 42.1 Å². The van der Waals surface area contributed by atoms with Crippen LogP contribution in [0.15, 0.2) is 28.9 Å². The van der Waals surface area contributed by atoms with Crippen LogP contribution >= 0.6 is 15.9 Å². The largest absolute Gasteiger partial charge is 0.478 e. The van der Waals surface area contributed by atoms with E-state index in [2.05, 4.69) is 21.0 Å². The van der Waals surface area contributed by atoms with Gasteiger partial charge in [0.1, 0.15) is 17.1 Å². The first-order chi connectivity index (χ1) is 10.1. The number of carboxylic acid groups (broad SMARTS) is 1. The summed E-state index contributed by atoms with van der Waals surface area (Å²) in [5.74, 6) is -1.40. The molecular formula is C15H14BrFN2O2. The van der Waals surface area contributed by atoms with E-state index in [0.717, 1.165) is 25.7 Å². The first-order valence-electron chi connectivity index (χ1n) is 6.84. The van der Waals surface area contributed by atoms with Crippen LogP contribution in [0.3, 0.4) is 0 Å². The second kappa shape index (κ2) is 5.60. The number of aromatic carboxylic acids is 1. The van der Waals surface area contributed by atoms with Crippen LogP contribution in [0.5, 0.6) is 0 Å². The number of halogens is 2. The molecule has 0 saturated heterocycles. The Morgan fingerprint density at radius 3 is 2.71 bits per heavy atom. The van der Waals surface area contributed by atoms with Crippen molar-refractivity contribution >= 4 is 21.9 Å². The van der Waals surface area contributed by atoms with Gasteiger partial charge in [0.15, 0.2) is 0 Å². The van der Waals surface area contributed by atoms with Crippen molar-refractivity contribution in [2.24, 2.45) is 0 Å². The molecule has 1 N–H and O–H groups in total. The third-order valence-corrected chi connectivity index (χ3v) is 4.50. The molecule has 4 nitrogen and oxygen atoms in total. The predicted octanol–water partition coefficient (Wildman–Crippen LogP) is 4.27. The Hall–Kier alpha value is -1.69. The Morgan fingerprint density at radius 1 is 1.38 bits per heavy atom. The van der Waals surface area contributed by atoms with E-state index < -0.39 is 5.97 Å². The molecule has 0 aliphatic heterocycles. The zero-order valence-electron chi connectivity index (χ0n) is 11.2. The van der Waals surface area contributed by atoms with E-state index in [4.69, 9.17) is 0 Å². The van der Waals surface area contributed by atoms with Gasteiger partial charge >= 0.3 is 5.97 Å². The lowest BCUT2D eigenvalue weighted by Crippen LogP contribution is -2.05. The van der Waals surface area contributed by atoms with Crippen molar-refractivity contribution < 1.29 is 14.3 Å². The van der Waals surface area contributed by atoms with Crippen LogP contribution in [-0.2, 0) is 0 Å². The molecule has 1 fully saturated rings. The molecule has 1 saturated carbocycles. The van der Waals surface area contributed by atoms with E-state index in [0.29, 0.717) is 15.7 Å². The minimum absolute atomic E-state index is 0.147. The molecular weight excluding hydrogens is 339 g/mol. The first kappa shape index (κ1) is 14.3. The minimum atomic E-state index is -1.02. The number of aromatic nitrogens is 2. The van der Waals surface area contributed by atoms with Gasteiger partial charge < -0.3 is 5.11 Å². The molecule has 0 spiro atoms. The van der Waals surface area contributed by atoms with Crippen LogP contribution in [0, 0.1) is 5.82 Å². The average molecular weight is 353 g/mol. The molecule has 1 aliphatic rings.